The molecule has 9 aromatic rings. The highest BCUT2D eigenvalue weighted by atomic mass is 16.3. The number of fused-ring (bicyclic) bond motifs is 5. The number of benzene rings is 8. The predicted molar refractivity (Wildman–Crippen MR) is 190 cm³/mol. The number of furan rings is 1. The SMILES string of the molecule is [2H]c1c([2H])c([2H])c(-c2c(-c3c4ccccc4c(-c4c([2H])c([2H])c(-c5ccccc5)c([2H])c4[2H])c4ccccc34)ccc3c2oc2ccccc23)c([2H])c1[2H]. The maximum absolute atomic E-state index is 9.33. The van der Waals surface area contributed by atoms with E-state index in [-0.39, 0.29) is 52.9 Å². The lowest BCUT2D eigenvalue weighted by Crippen LogP contribution is -1.93. The monoisotopic (exact) mass is 581 g/mol. The summed E-state index contributed by atoms with van der Waals surface area (Å²) in [5.41, 5.74) is 4.11. The van der Waals surface area contributed by atoms with Gasteiger partial charge < -0.3 is 4.42 Å². The molecule has 1 nitrogen and oxygen atoms in total. The van der Waals surface area contributed by atoms with Crippen LogP contribution in [0.25, 0.3) is 88.0 Å². The fourth-order valence-corrected chi connectivity index (χ4v) is 6.49. The summed E-state index contributed by atoms with van der Waals surface area (Å²) in [6.45, 7) is 0. The average molecular weight is 582 g/mol. The second-order valence-corrected chi connectivity index (χ2v) is 10.9. The maximum Gasteiger partial charge on any atom is 0.143 e. The molecule has 0 atom stereocenters. The molecule has 1 aromatic heterocycles. The lowest BCUT2D eigenvalue weighted by Gasteiger charge is -2.20. The van der Waals surface area contributed by atoms with Crippen molar-refractivity contribution in [3.8, 4) is 44.5 Å². The van der Waals surface area contributed by atoms with Gasteiger partial charge in [-0.25, -0.2) is 0 Å². The fraction of sp³-hybridized carbons (Fsp3) is 0. The van der Waals surface area contributed by atoms with Crippen LogP contribution in [0.1, 0.15) is 12.3 Å². The van der Waals surface area contributed by atoms with Crippen LogP contribution in [0.4, 0.5) is 0 Å². The van der Waals surface area contributed by atoms with Gasteiger partial charge in [-0.15, -0.1) is 0 Å². The molecule has 0 aliphatic carbocycles. The minimum atomic E-state index is -0.495. The van der Waals surface area contributed by atoms with Crippen LogP contribution in [-0.4, -0.2) is 0 Å². The summed E-state index contributed by atoms with van der Waals surface area (Å²) < 4.78 is 87.1. The minimum absolute atomic E-state index is 0.00832. The van der Waals surface area contributed by atoms with Crippen LogP contribution >= 0.6 is 0 Å². The summed E-state index contributed by atoms with van der Waals surface area (Å²) in [7, 11) is 0. The molecule has 0 saturated carbocycles. The molecule has 0 unspecified atom stereocenters. The van der Waals surface area contributed by atoms with Crippen LogP contribution in [0.5, 0.6) is 0 Å². The highest BCUT2D eigenvalue weighted by Gasteiger charge is 2.22. The Balaban J connectivity index is 1.45. The van der Waals surface area contributed by atoms with Crippen LogP contribution in [0, 0.1) is 0 Å². The molecular weight excluding hydrogens is 544 g/mol. The second-order valence-electron chi connectivity index (χ2n) is 10.9. The molecule has 0 aliphatic heterocycles. The molecule has 1 heterocycles. The molecule has 0 aliphatic rings. The third kappa shape index (κ3) is 4.09. The standard InChI is InChI=1S/C44H28O/c1-3-13-29(14-4-1)30-23-25-32(26-24-30)41-34-18-7-9-20-36(34)43(37-21-10-8-19-35(37)41)39-28-27-38-33-17-11-12-22-40(33)45-44(38)42(39)31-15-5-2-6-16-31/h1-28H/i2D,5D,6D,15D,16D,23D,24D,25D,26D. The summed E-state index contributed by atoms with van der Waals surface area (Å²) in [5, 5.41) is 4.29. The first-order chi connectivity index (χ1) is 26.1. The van der Waals surface area contributed by atoms with E-state index in [1.165, 1.54) is 0 Å². The summed E-state index contributed by atoms with van der Waals surface area (Å²) in [5.74, 6) is 0. The second kappa shape index (κ2) is 10.4. The Morgan fingerprint density at radius 1 is 0.356 bits per heavy atom. The summed E-state index contributed by atoms with van der Waals surface area (Å²) in [6, 6.07) is 32.7. The molecule has 0 amide bonds. The number of hydrogen-bond donors (Lipinski definition) is 0. The largest absolute Gasteiger partial charge is 0.455 e. The predicted octanol–water partition coefficient (Wildman–Crippen LogP) is 12.6. The van der Waals surface area contributed by atoms with E-state index in [4.69, 9.17) is 14.0 Å². The first-order valence-electron chi connectivity index (χ1n) is 19.2. The van der Waals surface area contributed by atoms with Crippen molar-refractivity contribution in [1.82, 2.24) is 0 Å². The number of para-hydroxylation sites is 1. The van der Waals surface area contributed by atoms with Gasteiger partial charge in [0.1, 0.15) is 11.2 Å². The molecule has 1 heteroatoms. The normalized spacial score (nSPS) is 14.4. The van der Waals surface area contributed by atoms with Gasteiger partial charge in [-0.1, -0.05) is 158 Å². The van der Waals surface area contributed by atoms with Crippen LogP contribution in [-0.2, 0) is 0 Å². The Bertz CT molecular complexity index is 2930. The van der Waals surface area contributed by atoms with Crippen LogP contribution in [0.3, 0.4) is 0 Å². The van der Waals surface area contributed by atoms with E-state index in [0.717, 1.165) is 10.8 Å². The quantitative estimate of drug-likeness (QED) is 0.188. The van der Waals surface area contributed by atoms with E-state index in [9.17, 15) is 2.74 Å². The zero-order valence-electron chi connectivity index (χ0n) is 32.9. The van der Waals surface area contributed by atoms with Crippen molar-refractivity contribution >= 4 is 43.5 Å². The van der Waals surface area contributed by atoms with E-state index in [1.807, 2.05) is 91.0 Å². The first kappa shape index (κ1) is 18.0. The van der Waals surface area contributed by atoms with E-state index in [0.29, 0.717) is 60.5 Å². The summed E-state index contributed by atoms with van der Waals surface area (Å²) in [4.78, 5) is 0. The molecule has 0 radical (unpaired) electrons. The van der Waals surface area contributed by atoms with E-state index < -0.39 is 18.1 Å². The third-order valence-electron chi connectivity index (χ3n) is 8.44. The number of hydrogen-bond acceptors (Lipinski definition) is 1. The van der Waals surface area contributed by atoms with Gasteiger partial charge in [-0.05, 0) is 72.6 Å². The van der Waals surface area contributed by atoms with Gasteiger partial charge in [-0.2, -0.15) is 0 Å². The Morgan fingerprint density at radius 3 is 1.56 bits per heavy atom. The van der Waals surface area contributed by atoms with Gasteiger partial charge in [0.2, 0.25) is 0 Å². The maximum atomic E-state index is 9.33. The Labute approximate surface area is 274 Å². The Morgan fingerprint density at radius 2 is 0.889 bits per heavy atom. The zero-order valence-corrected chi connectivity index (χ0v) is 23.9. The van der Waals surface area contributed by atoms with Crippen LogP contribution in [0.2, 0.25) is 0 Å². The van der Waals surface area contributed by atoms with Crippen molar-refractivity contribution in [1.29, 1.82) is 0 Å². The van der Waals surface area contributed by atoms with Crippen molar-refractivity contribution in [3.63, 3.8) is 0 Å². The van der Waals surface area contributed by atoms with Crippen molar-refractivity contribution in [2.45, 2.75) is 0 Å². The first-order valence-corrected chi connectivity index (χ1v) is 14.7. The van der Waals surface area contributed by atoms with Crippen LogP contribution in [0.15, 0.2) is 174 Å². The molecule has 0 N–H and O–H groups in total. The summed E-state index contributed by atoms with van der Waals surface area (Å²) in [6.07, 6.45) is 0. The lowest BCUT2D eigenvalue weighted by molar-refractivity contribution is 0.670. The molecular formula is C44H28O. The van der Waals surface area contributed by atoms with Crippen molar-refractivity contribution in [3.05, 3.63) is 170 Å². The van der Waals surface area contributed by atoms with Gasteiger partial charge in [0.25, 0.3) is 0 Å². The average Bonchev–Trinajstić information content (AvgIpc) is 3.58. The molecule has 210 valence electrons. The minimum Gasteiger partial charge on any atom is -0.455 e. The third-order valence-corrected chi connectivity index (χ3v) is 8.44. The molecule has 9 rings (SSSR count). The van der Waals surface area contributed by atoms with Crippen molar-refractivity contribution < 1.29 is 16.8 Å². The van der Waals surface area contributed by atoms with E-state index in [1.54, 1.807) is 24.3 Å². The lowest BCUT2D eigenvalue weighted by atomic mass is 9.83. The summed E-state index contributed by atoms with van der Waals surface area (Å²) >= 11 is 0. The molecule has 8 aromatic carbocycles. The highest BCUT2D eigenvalue weighted by Crippen LogP contribution is 2.48. The highest BCUT2D eigenvalue weighted by molar-refractivity contribution is 6.24. The van der Waals surface area contributed by atoms with E-state index >= 15 is 0 Å². The van der Waals surface area contributed by atoms with Gasteiger partial charge >= 0.3 is 0 Å². The molecule has 45 heavy (non-hydrogen) atoms. The van der Waals surface area contributed by atoms with Crippen molar-refractivity contribution in [2.24, 2.45) is 0 Å². The van der Waals surface area contributed by atoms with Gasteiger partial charge in [0, 0.05) is 16.3 Å². The molecule has 0 saturated heterocycles. The zero-order chi connectivity index (χ0) is 37.6. The molecule has 0 bridgehead atoms. The Kier molecular flexibility index (Phi) is 4.15. The smallest absolute Gasteiger partial charge is 0.143 e. The number of rotatable bonds is 4. The van der Waals surface area contributed by atoms with Gasteiger partial charge in [0.15, 0.2) is 0 Å². The van der Waals surface area contributed by atoms with Gasteiger partial charge in [-0.3, -0.25) is 0 Å². The van der Waals surface area contributed by atoms with Gasteiger partial charge in [0.05, 0.1) is 12.3 Å². The topological polar surface area (TPSA) is 13.1 Å². The molecule has 0 fully saturated rings. The Hall–Kier alpha value is -5.92. The molecule has 0 spiro atoms. The van der Waals surface area contributed by atoms with E-state index in [2.05, 4.69) is 0 Å². The van der Waals surface area contributed by atoms with Crippen molar-refractivity contribution in [2.75, 3.05) is 0 Å². The van der Waals surface area contributed by atoms with Crippen LogP contribution < -0.4 is 0 Å². The fourth-order valence-electron chi connectivity index (χ4n) is 6.49.